The molecule has 0 aliphatic carbocycles. The zero-order valence-corrected chi connectivity index (χ0v) is 12.2. The topological polar surface area (TPSA) is 39.4 Å². The summed E-state index contributed by atoms with van der Waals surface area (Å²) < 4.78 is 11.2. The molecule has 2 aromatic carbocycles. The van der Waals surface area contributed by atoms with Crippen molar-refractivity contribution in [1.29, 1.82) is 0 Å². The maximum atomic E-state index is 11.3. The molecule has 0 aliphatic rings. The number of carbonyl (C=O) groups is 1. The van der Waals surface area contributed by atoms with Gasteiger partial charge in [0.1, 0.15) is 17.9 Å². The van der Waals surface area contributed by atoms with E-state index in [1.165, 1.54) is 0 Å². The van der Waals surface area contributed by atoms with Gasteiger partial charge in [0.15, 0.2) is 5.76 Å². The highest BCUT2D eigenvalue weighted by atomic mass is 35.5. The molecule has 0 spiro atoms. The molecular weight excluding hydrogens is 288 g/mol. The number of aryl methyl sites for hydroxylation is 1. The Kier molecular flexibility index (Phi) is 3.67. The van der Waals surface area contributed by atoms with Gasteiger partial charge in [-0.1, -0.05) is 30.3 Å². The van der Waals surface area contributed by atoms with Gasteiger partial charge >= 0.3 is 0 Å². The van der Waals surface area contributed by atoms with Crippen molar-refractivity contribution in [1.82, 2.24) is 0 Å². The van der Waals surface area contributed by atoms with Gasteiger partial charge < -0.3 is 9.15 Å². The van der Waals surface area contributed by atoms with E-state index in [-0.39, 0.29) is 5.76 Å². The monoisotopic (exact) mass is 300 g/mol. The Balaban J connectivity index is 1.87. The van der Waals surface area contributed by atoms with Crippen LogP contribution in [0.15, 0.2) is 52.9 Å². The summed E-state index contributed by atoms with van der Waals surface area (Å²) in [5.41, 5.74) is 2.46. The molecule has 0 fully saturated rings. The number of furan rings is 1. The Morgan fingerprint density at radius 2 is 1.95 bits per heavy atom. The summed E-state index contributed by atoms with van der Waals surface area (Å²) >= 11 is 5.50. The number of benzene rings is 2. The van der Waals surface area contributed by atoms with Crippen molar-refractivity contribution in [2.24, 2.45) is 0 Å². The van der Waals surface area contributed by atoms with E-state index in [9.17, 15) is 4.79 Å². The highest BCUT2D eigenvalue weighted by Crippen LogP contribution is 2.29. The fourth-order valence-electron chi connectivity index (χ4n) is 2.22. The smallest absolute Gasteiger partial charge is 0.288 e. The second-order valence-corrected chi connectivity index (χ2v) is 5.11. The molecule has 0 bridgehead atoms. The molecule has 3 rings (SSSR count). The van der Waals surface area contributed by atoms with E-state index in [2.05, 4.69) is 0 Å². The molecule has 0 amide bonds. The lowest BCUT2D eigenvalue weighted by atomic mass is 10.1. The zero-order valence-electron chi connectivity index (χ0n) is 11.4. The second-order valence-electron chi connectivity index (χ2n) is 4.76. The van der Waals surface area contributed by atoms with Crippen LogP contribution in [-0.2, 0) is 6.61 Å². The van der Waals surface area contributed by atoms with Crippen LogP contribution >= 0.6 is 11.6 Å². The third kappa shape index (κ3) is 2.78. The summed E-state index contributed by atoms with van der Waals surface area (Å²) in [4.78, 5) is 11.3. The summed E-state index contributed by atoms with van der Waals surface area (Å²) in [5.74, 6) is 0.913. The molecule has 0 saturated carbocycles. The lowest BCUT2D eigenvalue weighted by Crippen LogP contribution is -1.94. The average Bonchev–Trinajstić information content (AvgIpc) is 2.83. The molecule has 1 heterocycles. The lowest BCUT2D eigenvalue weighted by Gasteiger charge is -2.06. The standard InChI is InChI=1S/C17H13ClO3/c1-11-14-9-13(20-10-12-5-3-2-4-6-12)7-8-15(14)21-16(11)17(18)19/h2-9H,10H2,1H3. The first-order valence-electron chi connectivity index (χ1n) is 6.55. The minimum Gasteiger partial charge on any atom is -0.489 e. The van der Waals surface area contributed by atoms with Gasteiger partial charge in [-0.05, 0) is 42.3 Å². The molecule has 3 aromatic rings. The van der Waals surface area contributed by atoms with Crippen LogP contribution in [0.25, 0.3) is 11.0 Å². The molecule has 3 nitrogen and oxygen atoms in total. The molecule has 0 unspecified atom stereocenters. The van der Waals surface area contributed by atoms with Crippen LogP contribution in [0.5, 0.6) is 5.75 Å². The molecule has 4 heteroatoms. The maximum Gasteiger partial charge on any atom is 0.288 e. The predicted octanol–water partition coefficient (Wildman–Crippen LogP) is 4.70. The van der Waals surface area contributed by atoms with Gasteiger partial charge in [-0.25, -0.2) is 0 Å². The van der Waals surface area contributed by atoms with Gasteiger partial charge in [0.2, 0.25) is 0 Å². The number of fused-ring (bicyclic) bond motifs is 1. The quantitative estimate of drug-likeness (QED) is 0.656. The highest BCUT2D eigenvalue weighted by Gasteiger charge is 2.16. The Bertz CT molecular complexity index is 790. The van der Waals surface area contributed by atoms with Gasteiger partial charge in [0.05, 0.1) is 0 Å². The van der Waals surface area contributed by atoms with Gasteiger partial charge in [-0.2, -0.15) is 0 Å². The summed E-state index contributed by atoms with van der Waals surface area (Å²) in [7, 11) is 0. The van der Waals surface area contributed by atoms with Crippen molar-refractivity contribution < 1.29 is 13.9 Å². The van der Waals surface area contributed by atoms with Gasteiger partial charge in [-0.15, -0.1) is 0 Å². The number of ether oxygens (including phenoxy) is 1. The van der Waals surface area contributed by atoms with Crippen LogP contribution in [0.4, 0.5) is 0 Å². The van der Waals surface area contributed by atoms with Crippen LogP contribution in [0, 0.1) is 6.92 Å². The van der Waals surface area contributed by atoms with Crippen LogP contribution in [-0.4, -0.2) is 5.24 Å². The molecule has 0 aliphatic heterocycles. The van der Waals surface area contributed by atoms with Crippen molar-refractivity contribution >= 4 is 27.8 Å². The van der Waals surface area contributed by atoms with Gasteiger partial charge in [-0.3, -0.25) is 4.79 Å². The summed E-state index contributed by atoms with van der Waals surface area (Å²) in [6.07, 6.45) is 0. The van der Waals surface area contributed by atoms with E-state index >= 15 is 0 Å². The van der Waals surface area contributed by atoms with Crippen LogP contribution in [0.2, 0.25) is 0 Å². The molecule has 0 atom stereocenters. The minimum atomic E-state index is -0.588. The first-order valence-corrected chi connectivity index (χ1v) is 6.92. The number of hydrogen-bond donors (Lipinski definition) is 0. The molecule has 106 valence electrons. The first kappa shape index (κ1) is 13.7. The van der Waals surface area contributed by atoms with Crippen molar-refractivity contribution in [2.75, 3.05) is 0 Å². The number of rotatable bonds is 4. The molecule has 0 N–H and O–H groups in total. The predicted molar refractivity (Wildman–Crippen MR) is 81.9 cm³/mol. The van der Waals surface area contributed by atoms with E-state index in [0.29, 0.717) is 12.2 Å². The number of hydrogen-bond acceptors (Lipinski definition) is 3. The third-order valence-electron chi connectivity index (χ3n) is 3.33. The Hall–Kier alpha value is -2.26. The third-order valence-corrected chi connectivity index (χ3v) is 3.51. The SMILES string of the molecule is Cc1c(C(=O)Cl)oc2ccc(OCc3ccccc3)cc12. The summed E-state index contributed by atoms with van der Waals surface area (Å²) in [6.45, 7) is 2.30. The van der Waals surface area contributed by atoms with E-state index in [1.54, 1.807) is 6.07 Å². The van der Waals surface area contributed by atoms with Gasteiger partial charge in [0.25, 0.3) is 5.24 Å². The van der Waals surface area contributed by atoms with Crippen LogP contribution in [0.1, 0.15) is 21.7 Å². The molecule has 0 saturated heterocycles. The summed E-state index contributed by atoms with van der Waals surface area (Å²) in [5, 5.41) is 0.250. The normalized spacial score (nSPS) is 10.8. The van der Waals surface area contributed by atoms with Gasteiger partial charge in [0, 0.05) is 10.9 Å². The minimum absolute atomic E-state index is 0.187. The fraction of sp³-hybridized carbons (Fsp3) is 0.118. The van der Waals surface area contributed by atoms with Crippen LogP contribution in [0.3, 0.4) is 0 Å². The molecule has 21 heavy (non-hydrogen) atoms. The van der Waals surface area contributed by atoms with Crippen LogP contribution < -0.4 is 4.74 Å². The van der Waals surface area contributed by atoms with E-state index in [0.717, 1.165) is 22.3 Å². The molecule has 0 radical (unpaired) electrons. The summed E-state index contributed by atoms with van der Waals surface area (Å²) in [6, 6.07) is 15.4. The van der Waals surface area contributed by atoms with E-state index in [4.69, 9.17) is 20.8 Å². The molecular formula is C17H13ClO3. The zero-order chi connectivity index (χ0) is 14.8. The van der Waals surface area contributed by atoms with Crippen molar-refractivity contribution in [3.8, 4) is 5.75 Å². The number of halogens is 1. The Labute approximate surface area is 127 Å². The van der Waals surface area contributed by atoms with E-state index < -0.39 is 5.24 Å². The number of carbonyl (C=O) groups excluding carboxylic acids is 1. The Morgan fingerprint density at radius 1 is 1.19 bits per heavy atom. The van der Waals surface area contributed by atoms with Crippen molar-refractivity contribution in [3.05, 3.63) is 65.4 Å². The Morgan fingerprint density at radius 3 is 2.67 bits per heavy atom. The second kappa shape index (κ2) is 5.62. The van der Waals surface area contributed by atoms with E-state index in [1.807, 2.05) is 49.4 Å². The maximum absolute atomic E-state index is 11.3. The molecule has 1 aromatic heterocycles. The first-order chi connectivity index (χ1) is 10.1. The largest absolute Gasteiger partial charge is 0.489 e. The fourth-order valence-corrected chi connectivity index (χ4v) is 2.40. The average molecular weight is 301 g/mol. The highest BCUT2D eigenvalue weighted by molar-refractivity contribution is 6.67. The van der Waals surface area contributed by atoms with Crippen molar-refractivity contribution in [2.45, 2.75) is 13.5 Å². The lowest BCUT2D eigenvalue weighted by molar-refractivity contribution is 0.105. The van der Waals surface area contributed by atoms with Crippen molar-refractivity contribution in [3.63, 3.8) is 0 Å².